The Morgan fingerprint density at radius 2 is 2.00 bits per heavy atom. The highest BCUT2D eigenvalue weighted by molar-refractivity contribution is 7.89. The van der Waals surface area contributed by atoms with E-state index in [2.05, 4.69) is 10.2 Å². The fourth-order valence-corrected chi connectivity index (χ4v) is 3.59. The van der Waals surface area contributed by atoms with Crippen molar-refractivity contribution in [2.75, 3.05) is 46.3 Å². The van der Waals surface area contributed by atoms with Gasteiger partial charge in [0.05, 0.1) is 10.5 Å². The molecule has 0 unspecified atom stereocenters. The van der Waals surface area contributed by atoms with Gasteiger partial charge in [-0.3, -0.25) is 4.90 Å². The molecule has 2 rings (SSSR count). The number of hydrogen-bond donors (Lipinski definition) is 1. The summed E-state index contributed by atoms with van der Waals surface area (Å²) in [5.41, 5.74) is 0.187. The van der Waals surface area contributed by atoms with Crippen LogP contribution in [0.2, 0.25) is 0 Å². The first kappa shape index (κ1) is 15.9. The van der Waals surface area contributed by atoms with Gasteiger partial charge in [0, 0.05) is 46.3 Å². The summed E-state index contributed by atoms with van der Waals surface area (Å²) in [6, 6.07) is 8.25. The molecular formula is C14H20N4O2S. The summed E-state index contributed by atoms with van der Waals surface area (Å²) in [5, 5.41) is 12.3. The average molecular weight is 308 g/mol. The molecule has 1 aromatic carbocycles. The number of benzene rings is 1. The van der Waals surface area contributed by atoms with Crippen LogP contribution >= 0.6 is 0 Å². The van der Waals surface area contributed by atoms with Crippen molar-refractivity contribution in [1.29, 1.82) is 5.26 Å². The van der Waals surface area contributed by atoms with Gasteiger partial charge in [-0.2, -0.15) is 9.57 Å². The monoisotopic (exact) mass is 308 g/mol. The van der Waals surface area contributed by atoms with Crippen LogP contribution in [0.3, 0.4) is 0 Å². The number of piperazine rings is 1. The van der Waals surface area contributed by atoms with Crippen LogP contribution in [-0.2, 0) is 10.0 Å². The van der Waals surface area contributed by atoms with Crippen molar-refractivity contribution in [3.63, 3.8) is 0 Å². The number of nitrogens with zero attached hydrogens (tertiary/aromatic N) is 3. The molecule has 1 saturated heterocycles. The van der Waals surface area contributed by atoms with Crippen molar-refractivity contribution in [2.24, 2.45) is 0 Å². The van der Waals surface area contributed by atoms with Crippen LogP contribution in [0, 0.1) is 11.3 Å². The number of sulfonamides is 1. The van der Waals surface area contributed by atoms with Crippen LogP contribution in [0.1, 0.15) is 5.56 Å². The number of likely N-dealkylation sites (N-methyl/N-ethyl adjacent to an activating group) is 1. The maximum absolute atomic E-state index is 12.5. The Bertz CT molecular complexity index is 618. The largest absolute Gasteiger partial charge is 0.314 e. The first-order valence-electron chi connectivity index (χ1n) is 6.94. The standard InChI is InChI=1S/C14H20N4O2S/c1-17(10-11-18-8-6-16-7-9-18)21(19,20)14-5-3-2-4-13(14)12-15/h2-5,16H,6-11H2,1H3. The Hall–Kier alpha value is -1.46. The highest BCUT2D eigenvalue weighted by Gasteiger charge is 2.24. The lowest BCUT2D eigenvalue weighted by atomic mass is 10.2. The van der Waals surface area contributed by atoms with Gasteiger partial charge in [-0.15, -0.1) is 0 Å². The highest BCUT2D eigenvalue weighted by Crippen LogP contribution is 2.18. The van der Waals surface area contributed by atoms with Gasteiger partial charge in [-0.25, -0.2) is 8.42 Å². The van der Waals surface area contributed by atoms with Gasteiger partial charge < -0.3 is 5.32 Å². The minimum Gasteiger partial charge on any atom is -0.314 e. The molecule has 0 aromatic heterocycles. The molecule has 7 heteroatoms. The van der Waals surface area contributed by atoms with Crippen molar-refractivity contribution < 1.29 is 8.42 Å². The van der Waals surface area contributed by atoms with Gasteiger partial charge in [0.25, 0.3) is 0 Å². The third kappa shape index (κ3) is 3.80. The quantitative estimate of drug-likeness (QED) is 0.834. The zero-order valence-electron chi connectivity index (χ0n) is 12.1. The second kappa shape index (κ2) is 7.00. The van der Waals surface area contributed by atoms with Crippen LogP contribution in [0.4, 0.5) is 0 Å². The molecule has 21 heavy (non-hydrogen) atoms. The third-order valence-electron chi connectivity index (χ3n) is 3.64. The Balaban J connectivity index is 2.06. The van der Waals surface area contributed by atoms with Crippen LogP contribution in [0.25, 0.3) is 0 Å². The van der Waals surface area contributed by atoms with Crippen molar-refractivity contribution >= 4 is 10.0 Å². The van der Waals surface area contributed by atoms with Gasteiger partial charge in [0.1, 0.15) is 6.07 Å². The normalized spacial score (nSPS) is 16.8. The minimum absolute atomic E-state index is 0.0790. The fraction of sp³-hybridized carbons (Fsp3) is 0.500. The van der Waals surface area contributed by atoms with E-state index in [1.807, 2.05) is 6.07 Å². The van der Waals surface area contributed by atoms with E-state index < -0.39 is 10.0 Å². The van der Waals surface area contributed by atoms with Gasteiger partial charge in [-0.05, 0) is 12.1 Å². The fourth-order valence-electron chi connectivity index (χ4n) is 2.29. The van der Waals surface area contributed by atoms with Gasteiger partial charge in [0.15, 0.2) is 0 Å². The van der Waals surface area contributed by atoms with Gasteiger partial charge in [-0.1, -0.05) is 12.1 Å². The highest BCUT2D eigenvalue weighted by atomic mass is 32.2. The van der Waals surface area contributed by atoms with Crippen molar-refractivity contribution in [2.45, 2.75) is 4.90 Å². The lowest BCUT2D eigenvalue weighted by Gasteiger charge is -2.28. The van der Waals surface area contributed by atoms with E-state index in [1.165, 1.54) is 16.4 Å². The molecule has 0 radical (unpaired) electrons. The Morgan fingerprint density at radius 1 is 1.33 bits per heavy atom. The summed E-state index contributed by atoms with van der Waals surface area (Å²) in [6.45, 7) is 4.86. The second-order valence-electron chi connectivity index (χ2n) is 5.03. The van der Waals surface area contributed by atoms with E-state index >= 15 is 0 Å². The van der Waals surface area contributed by atoms with E-state index in [1.54, 1.807) is 19.2 Å². The van der Waals surface area contributed by atoms with Gasteiger partial charge >= 0.3 is 0 Å². The summed E-state index contributed by atoms with van der Waals surface area (Å²) in [4.78, 5) is 2.31. The number of nitriles is 1. The van der Waals surface area contributed by atoms with Crippen molar-refractivity contribution in [3.05, 3.63) is 29.8 Å². The molecule has 0 spiro atoms. The summed E-state index contributed by atoms with van der Waals surface area (Å²) >= 11 is 0. The first-order valence-corrected chi connectivity index (χ1v) is 8.38. The molecule has 0 aliphatic carbocycles. The lowest BCUT2D eigenvalue weighted by Crippen LogP contribution is -2.46. The zero-order chi connectivity index (χ0) is 15.3. The molecule has 0 amide bonds. The Morgan fingerprint density at radius 3 is 2.67 bits per heavy atom. The zero-order valence-corrected chi connectivity index (χ0v) is 12.9. The van der Waals surface area contributed by atoms with Crippen LogP contribution in [0.15, 0.2) is 29.2 Å². The predicted octanol–water partition coefficient (Wildman–Crippen LogP) is 0.0840. The summed E-state index contributed by atoms with van der Waals surface area (Å²) < 4.78 is 26.4. The average Bonchev–Trinajstić information content (AvgIpc) is 2.53. The molecule has 1 aliphatic heterocycles. The molecule has 6 nitrogen and oxygen atoms in total. The molecule has 1 aromatic rings. The Labute approximate surface area is 126 Å². The molecule has 1 heterocycles. The number of rotatable bonds is 5. The second-order valence-corrected chi connectivity index (χ2v) is 7.04. The first-order chi connectivity index (χ1) is 10.1. The van der Waals surface area contributed by atoms with E-state index in [0.717, 1.165) is 26.2 Å². The van der Waals surface area contributed by atoms with Crippen LogP contribution in [0.5, 0.6) is 0 Å². The molecule has 1 fully saturated rings. The van der Waals surface area contributed by atoms with E-state index in [4.69, 9.17) is 5.26 Å². The van der Waals surface area contributed by atoms with Crippen molar-refractivity contribution in [3.8, 4) is 6.07 Å². The maximum Gasteiger partial charge on any atom is 0.244 e. The maximum atomic E-state index is 12.5. The minimum atomic E-state index is -3.61. The molecule has 114 valence electrons. The Kier molecular flexibility index (Phi) is 5.31. The van der Waals surface area contributed by atoms with Crippen molar-refractivity contribution in [1.82, 2.24) is 14.5 Å². The van der Waals surface area contributed by atoms with Gasteiger partial charge in [0.2, 0.25) is 10.0 Å². The number of nitrogens with one attached hydrogen (secondary N) is 1. The smallest absolute Gasteiger partial charge is 0.244 e. The molecule has 0 saturated carbocycles. The predicted molar refractivity (Wildman–Crippen MR) is 80.3 cm³/mol. The summed E-state index contributed by atoms with van der Waals surface area (Å²) in [5.74, 6) is 0. The SMILES string of the molecule is CN(CCN1CCNCC1)S(=O)(=O)c1ccccc1C#N. The summed E-state index contributed by atoms with van der Waals surface area (Å²) in [7, 11) is -2.05. The van der Waals surface area contributed by atoms with E-state index in [0.29, 0.717) is 13.1 Å². The molecular weight excluding hydrogens is 288 g/mol. The topological polar surface area (TPSA) is 76.4 Å². The summed E-state index contributed by atoms with van der Waals surface area (Å²) in [6.07, 6.45) is 0. The molecule has 1 N–H and O–H groups in total. The van der Waals surface area contributed by atoms with E-state index in [-0.39, 0.29) is 10.5 Å². The van der Waals surface area contributed by atoms with Crippen LogP contribution in [-0.4, -0.2) is 63.9 Å². The lowest BCUT2D eigenvalue weighted by molar-refractivity contribution is 0.229. The molecule has 0 bridgehead atoms. The molecule has 1 aliphatic rings. The number of hydrogen-bond acceptors (Lipinski definition) is 5. The van der Waals surface area contributed by atoms with Crippen LogP contribution < -0.4 is 5.32 Å². The van der Waals surface area contributed by atoms with E-state index in [9.17, 15) is 8.42 Å². The molecule has 0 atom stereocenters. The third-order valence-corrected chi connectivity index (χ3v) is 5.55.